The van der Waals surface area contributed by atoms with Crippen LogP contribution < -0.4 is 5.01 Å². The maximum Gasteiger partial charge on any atom is 0.260 e. The molecule has 0 aliphatic carbocycles. The summed E-state index contributed by atoms with van der Waals surface area (Å²) in [5, 5.41) is 11.8. The van der Waals surface area contributed by atoms with Crippen molar-refractivity contribution in [3.8, 4) is 11.3 Å². The summed E-state index contributed by atoms with van der Waals surface area (Å²) >= 11 is 12.3. The van der Waals surface area contributed by atoms with E-state index in [1.165, 1.54) is 6.92 Å². The summed E-state index contributed by atoms with van der Waals surface area (Å²) in [5.74, 6) is 0.841. The second-order valence-corrected chi connectivity index (χ2v) is 8.99. The van der Waals surface area contributed by atoms with Crippen LogP contribution in [0.1, 0.15) is 24.1 Å². The Bertz CT molecular complexity index is 1500. The van der Waals surface area contributed by atoms with Crippen molar-refractivity contribution in [3.05, 3.63) is 100 Å². The number of ketones is 1. The third-order valence-electron chi connectivity index (χ3n) is 5.89. The fourth-order valence-electron chi connectivity index (χ4n) is 4.32. The number of guanidine groups is 1. The van der Waals surface area contributed by atoms with Crippen LogP contribution in [0.4, 0.5) is 11.6 Å². The lowest BCUT2D eigenvalue weighted by Crippen LogP contribution is -2.44. The molecule has 0 bridgehead atoms. The van der Waals surface area contributed by atoms with Crippen LogP contribution in [0.3, 0.4) is 0 Å². The topological polar surface area (TPSA) is 74.3 Å². The molecule has 0 radical (unpaired) electrons. The van der Waals surface area contributed by atoms with E-state index >= 15 is 0 Å². The summed E-state index contributed by atoms with van der Waals surface area (Å²) in [4.78, 5) is 19.4. The number of benzene rings is 3. The number of aliphatic imine (C=N–C) groups is 1. The van der Waals surface area contributed by atoms with Crippen LogP contribution in [0.15, 0.2) is 93.5 Å². The van der Waals surface area contributed by atoms with Gasteiger partial charge in [0.05, 0.1) is 17.3 Å². The highest BCUT2D eigenvalue weighted by Crippen LogP contribution is 2.47. The zero-order valence-corrected chi connectivity index (χ0v) is 19.9. The molecule has 0 saturated carbocycles. The number of fused-ring (bicyclic) bond motifs is 2. The van der Waals surface area contributed by atoms with E-state index in [4.69, 9.17) is 32.7 Å². The number of carbonyl (C=O) groups excluding carboxylic acids is 1. The molecule has 0 spiro atoms. The Hall–Kier alpha value is -3.94. The highest BCUT2D eigenvalue weighted by Gasteiger charge is 2.46. The summed E-state index contributed by atoms with van der Waals surface area (Å²) in [5.41, 5.74) is 3.86. The first-order valence-electron chi connectivity index (χ1n) is 10.8. The molecule has 0 N–H and O–H groups in total. The van der Waals surface area contributed by atoms with Gasteiger partial charge < -0.3 is 4.52 Å². The van der Waals surface area contributed by atoms with Gasteiger partial charge in [0.15, 0.2) is 11.6 Å². The largest absolute Gasteiger partial charge is 0.335 e. The highest BCUT2D eigenvalue weighted by molar-refractivity contribution is 6.43. The smallest absolute Gasteiger partial charge is 0.260 e. The Morgan fingerprint density at radius 1 is 0.914 bits per heavy atom. The van der Waals surface area contributed by atoms with Gasteiger partial charge in [0.25, 0.3) is 5.88 Å². The third kappa shape index (κ3) is 3.60. The van der Waals surface area contributed by atoms with Crippen molar-refractivity contribution in [2.24, 2.45) is 10.1 Å². The lowest BCUT2D eigenvalue weighted by molar-refractivity contribution is -0.111. The minimum absolute atomic E-state index is 0.200. The number of carbonyl (C=O) groups is 1. The van der Waals surface area contributed by atoms with Crippen molar-refractivity contribution in [2.45, 2.75) is 13.0 Å². The van der Waals surface area contributed by atoms with Gasteiger partial charge in [-0.15, -0.1) is 5.10 Å². The van der Waals surface area contributed by atoms with Gasteiger partial charge in [0, 0.05) is 22.5 Å². The maximum absolute atomic E-state index is 12.8. The van der Waals surface area contributed by atoms with Crippen LogP contribution in [0.25, 0.3) is 11.3 Å². The number of amidine groups is 1. The molecule has 1 unspecified atom stereocenters. The molecular formula is C26H17Cl2N5O2. The lowest BCUT2D eigenvalue weighted by Gasteiger charge is -2.33. The number of aromatic nitrogens is 1. The van der Waals surface area contributed by atoms with Gasteiger partial charge in [0.1, 0.15) is 5.69 Å². The van der Waals surface area contributed by atoms with Crippen molar-refractivity contribution in [1.29, 1.82) is 0 Å². The molecular weight excluding hydrogens is 485 g/mol. The Kier molecular flexibility index (Phi) is 5.16. The van der Waals surface area contributed by atoms with E-state index in [9.17, 15) is 4.79 Å². The number of anilines is 1. The molecule has 9 heteroatoms. The maximum atomic E-state index is 12.8. The van der Waals surface area contributed by atoms with Crippen molar-refractivity contribution >= 4 is 52.4 Å². The Labute approximate surface area is 210 Å². The summed E-state index contributed by atoms with van der Waals surface area (Å²) in [7, 11) is 0. The first-order valence-corrected chi connectivity index (χ1v) is 11.6. The first kappa shape index (κ1) is 21.6. The quantitative estimate of drug-likeness (QED) is 0.320. The van der Waals surface area contributed by atoms with E-state index in [2.05, 4.69) is 10.3 Å². The number of hydrazone groups is 1. The number of halogens is 2. The van der Waals surface area contributed by atoms with Crippen LogP contribution in [0.5, 0.6) is 0 Å². The number of nitrogens with zero attached hydrogens (tertiary/aromatic N) is 5. The predicted octanol–water partition coefficient (Wildman–Crippen LogP) is 6.46. The van der Waals surface area contributed by atoms with Gasteiger partial charge in [-0.25, -0.2) is 0 Å². The normalized spacial score (nSPS) is 16.5. The molecule has 1 atom stereocenters. The zero-order valence-electron chi connectivity index (χ0n) is 18.4. The summed E-state index contributed by atoms with van der Waals surface area (Å²) < 4.78 is 5.75. The summed E-state index contributed by atoms with van der Waals surface area (Å²) in [6, 6.07) is 23.9. The minimum Gasteiger partial charge on any atom is -0.335 e. The second kappa shape index (κ2) is 8.37. The lowest BCUT2D eigenvalue weighted by atomic mass is 9.93. The van der Waals surface area contributed by atoms with Gasteiger partial charge in [-0.2, -0.15) is 10.0 Å². The molecule has 4 aromatic rings. The molecule has 1 aromatic heterocycles. The average Bonchev–Trinajstić information content (AvgIpc) is 3.46. The monoisotopic (exact) mass is 501 g/mol. The Morgan fingerprint density at radius 2 is 1.57 bits per heavy atom. The number of hydrogen-bond donors (Lipinski definition) is 0. The minimum atomic E-state index is -0.476. The third-order valence-corrected chi connectivity index (χ3v) is 6.39. The molecule has 0 fully saturated rings. The van der Waals surface area contributed by atoms with E-state index in [-0.39, 0.29) is 11.6 Å². The number of Topliss-reactive ketones (excluding diaryl/α,β-unsaturated/α-hetero) is 1. The average molecular weight is 502 g/mol. The van der Waals surface area contributed by atoms with Gasteiger partial charge in [0.2, 0.25) is 5.96 Å². The zero-order chi connectivity index (χ0) is 24.1. The Morgan fingerprint density at radius 3 is 2.23 bits per heavy atom. The van der Waals surface area contributed by atoms with E-state index in [0.717, 1.165) is 16.7 Å². The molecule has 172 valence electrons. The molecule has 7 nitrogen and oxygen atoms in total. The van der Waals surface area contributed by atoms with Gasteiger partial charge in [-0.1, -0.05) is 70.8 Å². The van der Waals surface area contributed by atoms with Crippen molar-refractivity contribution in [2.75, 3.05) is 5.01 Å². The summed E-state index contributed by atoms with van der Waals surface area (Å²) in [6.07, 6.45) is 0. The van der Waals surface area contributed by atoms with Crippen LogP contribution >= 0.6 is 23.2 Å². The van der Waals surface area contributed by atoms with Crippen LogP contribution in [-0.2, 0) is 4.79 Å². The molecule has 2 aliphatic rings. The molecule has 2 aliphatic heterocycles. The second-order valence-electron chi connectivity index (χ2n) is 8.12. The van der Waals surface area contributed by atoms with Crippen molar-refractivity contribution in [3.63, 3.8) is 0 Å². The molecule has 0 saturated heterocycles. The first-order chi connectivity index (χ1) is 17.0. The van der Waals surface area contributed by atoms with Crippen LogP contribution in [0.2, 0.25) is 10.0 Å². The number of rotatable bonds is 4. The highest BCUT2D eigenvalue weighted by atomic mass is 35.5. The molecule has 0 amide bonds. The SMILES string of the molecule is CC(=O)C1=NN(c2ccc(Cl)cc2)C2=Nc3onc(-c4ccccc4)c3C(c3ccc(Cl)cc3)N12. The molecule has 3 aromatic carbocycles. The molecule has 3 heterocycles. The fourth-order valence-corrected chi connectivity index (χ4v) is 4.57. The standard InChI is InChI=1S/C26H17Cl2N5O2/c1-15(34)24-30-33(20-13-11-19(28)12-14-20)26-29-25-21(22(31-35-25)16-5-3-2-4-6-16)23(32(24)26)17-7-9-18(27)10-8-17/h2-14,23H,1H3. The molecule has 6 rings (SSSR count). The van der Waals surface area contributed by atoms with Crippen molar-refractivity contribution < 1.29 is 9.32 Å². The van der Waals surface area contributed by atoms with E-state index in [1.807, 2.05) is 71.6 Å². The van der Waals surface area contributed by atoms with E-state index in [1.54, 1.807) is 17.1 Å². The molecule has 35 heavy (non-hydrogen) atoms. The van der Waals surface area contributed by atoms with E-state index in [0.29, 0.717) is 33.3 Å². The van der Waals surface area contributed by atoms with Gasteiger partial charge in [-0.3, -0.25) is 9.69 Å². The Balaban J connectivity index is 1.60. The van der Waals surface area contributed by atoms with E-state index < -0.39 is 6.04 Å². The van der Waals surface area contributed by atoms with Crippen LogP contribution in [0, 0.1) is 0 Å². The van der Waals surface area contributed by atoms with Gasteiger partial charge in [-0.05, 0) is 42.0 Å². The van der Waals surface area contributed by atoms with Gasteiger partial charge >= 0.3 is 0 Å². The number of hydrogen-bond acceptors (Lipinski definition) is 7. The summed E-state index contributed by atoms with van der Waals surface area (Å²) in [6.45, 7) is 1.49. The van der Waals surface area contributed by atoms with Crippen LogP contribution in [-0.4, -0.2) is 27.6 Å². The van der Waals surface area contributed by atoms with Crippen molar-refractivity contribution in [1.82, 2.24) is 10.1 Å². The fraction of sp³-hybridized carbons (Fsp3) is 0.0769. The predicted molar refractivity (Wildman–Crippen MR) is 136 cm³/mol.